The summed E-state index contributed by atoms with van der Waals surface area (Å²) in [5.74, 6) is 7.11. The summed E-state index contributed by atoms with van der Waals surface area (Å²) in [6, 6.07) is 5.64. The van der Waals surface area contributed by atoms with E-state index in [4.69, 9.17) is 16.2 Å². The van der Waals surface area contributed by atoms with Crippen LogP contribution in [0.4, 0.5) is 11.4 Å². The van der Waals surface area contributed by atoms with Gasteiger partial charge in [0, 0.05) is 11.8 Å². The third kappa shape index (κ3) is 4.66. The highest BCUT2D eigenvalue weighted by Crippen LogP contribution is 2.68. The molecule has 9 atom stereocenters. The Labute approximate surface area is 221 Å². The first kappa shape index (κ1) is 26.2. The first-order valence-corrected chi connectivity index (χ1v) is 15.4. The normalized spacial score (nSPS) is 40.8. The van der Waals surface area contributed by atoms with Gasteiger partial charge < -0.3 is 16.2 Å². The number of fused-ring (bicyclic) bond motifs is 5. The molecule has 202 valence electrons. The Morgan fingerprint density at radius 2 is 1.64 bits per heavy atom. The minimum atomic E-state index is 0.278. The minimum Gasteiger partial charge on any atom is -0.488 e. The van der Waals surface area contributed by atoms with Crippen LogP contribution in [-0.4, -0.2) is 6.10 Å². The maximum Gasteiger partial charge on any atom is 0.144 e. The molecule has 0 radical (unpaired) electrons. The summed E-state index contributed by atoms with van der Waals surface area (Å²) in [4.78, 5) is 0. The molecule has 1 aromatic rings. The summed E-state index contributed by atoms with van der Waals surface area (Å²) in [5, 5.41) is 0. The van der Waals surface area contributed by atoms with Gasteiger partial charge >= 0.3 is 0 Å². The van der Waals surface area contributed by atoms with Crippen molar-refractivity contribution in [1.29, 1.82) is 0 Å². The number of hydrogen-bond acceptors (Lipinski definition) is 3. The third-order valence-electron chi connectivity index (χ3n) is 12.2. The lowest BCUT2D eigenvalue weighted by molar-refractivity contribution is -0.126. The molecule has 0 spiro atoms. The molecular formula is C33H54N2O. The number of ether oxygens (including phenoxy) is 1. The van der Waals surface area contributed by atoms with E-state index in [0.29, 0.717) is 16.5 Å². The number of nitrogens with two attached hydrogens (primary N) is 2. The third-order valence-corrected chi connectivity index (χ3v) is 12.2. The van der Waals surface area contributed by atoms with Crippen molar-refractivity contribution in [2.24, 2.45) is 52.3 Å². The molecule has 0 amide bonds. The van der Waals surface area contributed by atoms with Crippen molar-refractivity contribution >= 4 is 11.4 Å². The zero-order chi connectivity index (χ0) is 25.7. The van der Waals surface area contributed by atoms with Crippen molar-refractivity contribution < 1.29 is 4.74 Å². The average molecular weight is 495 g/mol. The van der Waals surface area contributed by atoms with E-state index < -0.39 is 0 Å². The summed E-state index contributed by atoms with van der Waals surface area (Å²) in [6.45, 7) is 12.7. The van der Waals surface area contributed by atoms with Crippen molar-refractivity contribution in [3.63, 3.8) is 0 Å². The molecule has 5 rings (SSSR count). The summed E-state index contributed by atoms with van der Waals surface area (Å²) < 4.78 is 6.46. The van der Waals surface area contributed by atoms with Crippen LogP contribution >= 0.6 is 0 Å². The second kappa shape index (κ2) is 10.1. The second-order valence-corrected chi connectivity index (χ2v) is 14.5. The maximum absolute atomic E-state index is 6.46. The van der Waals surface area contributed by atoms with E-state index in [1.807, 2.05) is 18.2 Å². The molecule has 0 aliphatic heterocycles. The highest BCUT2D eigenvalue weighted by Gasteiger charge is 2.60. The fourth-order valence-electron chi connectivity index (χ4n) is 10.2. The Morgan fingerprint density at radius 1 is 0.889 bits per heavy atom. The van der Waals surface area contributed by atoms with E-state index in [1.165, 1.54) is 70.6 Å². The van der Waals surface area contributed by atoms with E-state index >= 15 is 0 Å². The van der Waals surface area contributed by atoms with Crippen molar-refractivity contribution in [2.75, 3.05) is 11.5 Å². The van der Waals surface area contributed by atoms with Gasteiger partial charge in [0.1, 0.15) is 5.75 Å². The predicted octanol–water partition coefficient (Wildman–Crippen LogP) is 8.72. The lowest BCUT2D eigenvalue weighted by Gasteiger charge is -2.61. The van der Waals surface area contributed by atoms with Crippen LogP contribution < -0.4 is 16.2 Å². The first-order valence-electron chi connectivity index (χ1n) is 15.4. The van der Waals surface area contributed by atoms with Gasteiger partial charge in [0.25, 0.3) is 0 Å². The van der Waals surface area contributed by atoms with Gasteiger partial charge in [-0.1, -0.05) is 53.9 Å². The molecule has 4 saturated carbocycles. The van der Waals surface area contributed by atoms with Crippen LogP contribution in [0, 0.1) is 52.3 Å². The van der Waals surface area contributed by atoms with Gasteiger partial charge in [-0.05, 0) is 122 Å². The van der Waals surface area contributed by atoms with E-state index in [0.717, 1.165) is 59.3 Å². The van der Waals surface area contributed by atoms with Gasteiger partial charge in [0.15, 0.2) is 0 Å². The summed E-state index contributed by atoms with van der Waals surface area (Å²) >= 11 is 0. The molecule has 0 saturated heterocycles. The van der Waals surface area contributed by atoms with Crippen LogP contribution in [0.25, 0.3) is 0 Å². The van der Waals surface area contributed by atoms with Gasteiger partial charge in [-0.25, -0.2) is 0 Å². The van der Waals surface area contributed by atoms with E-state index in [-0.39, 0.29) is 6.10 Å². The number of anilines is 2. The molecule has 3 nitrogen and oxygen atoms in total. The molecule has 1 aromatic carbocycles. The van der Waals surface area contributed by atoms with Crippen LogP contribution in [0.15, 0.2) is 18.2 Å². The average Bonchev–Trinajstić information content (AvgIpc) is 3.18. The Balaban J connectivity index is 1.24. The van der Waals surface area contributed by atoms with Crippen molar-refractivity contribution in [1.82, 2.24) is 0 Å². The highest BCUT2D eigenvalue weighted by atomic mass is 16.5. The van der Waals surface area contributed by atoms with Crippen LogP contribution in [-0.2, 0) is 0 Å². The van der Waals surface area contributed by atoms with Crippen LogP contribution in [0.5, 0.6) is 5.75 Å². The molecule has 36 heavy (non-hydrogen) atoms. The highest BCUT2D eigenvalue weighted by molar-refractivity contribution is 5.59. The largest absolute Gasteiger partial charge is 0.488 e. The van der Waals surface area contributed by atoms with Crippen molar-refractivity contribution in [2.45, 2.75) is 118 Å². The minimum absolute atomic E-state index is 0.278. The number of nitrogen functional groups attached to an aromatic ring is 2. The molecule has 4 aliphatic carbocycles. The topological polar surface area (TPSA) is 61.3 Å². The Bertz CT molecular complexity index is 913. The molecular weight excluding hydrogens is 440 g/mol. The Morgan fingerprint density at radius 3 is 2.42 bits per heavy atom. The molecule has 8 unspecified atom stereocenters. The second-order valence-electron chi connectivity index (χ2n) is 14.5. The van der Waals surface area contributed by atoms with E-state index in [1.54, 1.807) is 0 Å². The van der Waals surface area contributed by atoms with Crippen LogP contribution in [0.1, 0.15) is 112 Å². The Kier molecular flexibility index (Phi) is 7.33. The molecule has 3 heteroatoms. The van der Waals surface area contributed by atoms with E-state index in [9.17, 15) is 0 Å². The summed E-state index contributed by atoms with van der Waals surface area (Å²) in [5.41, 5.74) is 14.7. The molecule has 4 aliphatic rings. The Hall–Kier alpha value is -1.38. The molecule has 0 heterocycles. The van der Waals surface area contributed by atoms with Gasteiger partial charge in [-0.15, -0.1) is 0 Å². The fraction of sp³-hybridized carbons (Fsp3) is 0.818. The zero-order valence-electron chi connectivity index (χ0n) is 23.9. The monoisotopic (exact) mass is 494 g/mol. The standard InChI is InChI=1S/C33H54N2O/c1-21(2)7-6-8-22(3)27-12-13-28-26-11-9-23-19-25(36-31-20-24(34)10-14-30(31)35)15-17-32(23,4)29(26)16-18-33(27,28)5/h10,14,20-23,25-29H,6-9,11-13,15-19,34-35H2,1-5H3/t22?,23?,25?,26?,27?,28?,29-,32?,33?/m0/s1. The molecule has 4 N–H and O–H groups in total. The molecule has 0 bridgehead atoms. The number of benzene rings is 1. The first-order chi connectivity index (χ1) is 17.1. The smallest absolute Gasteiger partial charge is 0.144 e. The predicted molar refractivity (Wildman–Crippen MR) is 153 cm³/mol. The van der Waals surface area contributed by atoms with Crippen LogP contribution in [0.2, 0.25) is 0 Å². The lowest BCUT2D eigenvalue weighted by atomic mass is 9.44. The van der Waals surface area contributed by atoms with Crippen LogP contribution in [0.3, 0.4) is 0 Å². The molecule has 4 fully saturated rings. The molecule has 0 aromatic heterocycles. The van der Waals surface area contributed by atoms with Crippen molar-refractivity contribution in [3.8, 4) is 5.75 Å². The van der Waals surface area contributed by atoms with Gasteiger partial charge in [0.2, 0.25) is 0 Å². The lowest BCUT2D eigenvalue weighted by Crippen LogP contribution is -2.54. The van der Waals surface area contributed by atoms with Gasteiger partial charge in [-0.3, -0.25) is 0 Å². The fourth-order valence-corrected chi connectivity index (χ4v) is 10.2. The van der Waals surface area contributed by atoms with Gasteiger partial charge in [0.05, 0.1) is 11.8 Å². The maximum atomic E-state index is 6.46. The summed E-state index contributed by atoms with van der Waals surface area (Å²) in [7, 11) is 0. The van der Waals surface area contributed by atoms with E-state index in [2.05, 4.69) is 34.6 Å². The zero-order valence-corrected chi connectivity index (χ0v) is 23.9. The number of hydrogen-bond donors (Lipinski definition) is 2. The van der Waals surface area contributed by atoms with Crippen molar-refractivity contribution in [3.05, 3.63) is 18.2 Å². The van der Waals surface area contributed by atoms with Gasteiger partial charge in [-0.2, -0.15) is 0 Å². The SMILES string of the molecule is CC(C)CCCC(C)C1CCC2C3CCC4CC(Oc5cc(N)ccc5N)CCC4(C)[C@H]3CCC12C. The number of rotatable bonds is 7. The quantitative estimate of drug-likeness (QED) is 0.372. The summed E-state index contributed by atoms with van der Waals surface area (Å²) in [6.07, 6.45) is 17.0.